The summed E-state index contributed by atoms with van der Waals surface area (Å²) in [4.78, 5) is 0. The maximum atomic E-state index is 3.59. The lowest BCUT2D eigenvalue weighted by atomic mass is 9.63. The second kappa shape index (κ2) is 5.94. The molecule has 0 aliphatic heterocycles. The van der Waals surface area contributed by atoms with E-state index in [0.717, 1.165) is 17.9 Å². The summed E-state index contributed by atoms with van der Waals surface area (Å²) in [7, 11) is 2.15. The van der Waals surface area contributed by atoms with Crippen LogP contribution in [-0.2, 0) is 0 Å². The standard InChI is InChI=1S/C17H35N/c1-13-8-9-14(15(12-13)18-7)17(5,6)11-10-16(2,3)4/h13-15,18H,8-12H2,1-7H3. The Morgan fingerprint density at radius 3 is 2.11 bits per heavy atom. The molecular weight excluding hydrogens is 218 g/mol. The Bertz CT molecular complexity index is 249. The van der Waals surface area contributed by atoms with Crippen molar-refractivity contribution in [1.29, 1.82) is 0 Å². The fourth-order valence-electron chi connectivity index (χ4n) is 3.52. The molecule has 1 saturated carbocycles. The summed E-state index contributed by atoms with van der Waals surface area (Å²) in [5, 5.41) is 3.59. The minimum atomic E-state index is 0.467. The molecule has 0 bridgehead atoms. The average molecular weight is 253 g/mol. The molecule has 0 aromatic carbocycles. The zero-order valence-corrected chi connectivity index (χ0v) is 13.8. The summed E-state index contributed by atoms with van der Waals surface area (Å²) < 4.78 is 0. The van der Waals surface area contributed by atoms with Crippen molar-refractivity contribution in [1.82, 2.24) is 5.32 Å². The first-order valence-corrected chi connectivity index (χ1v) is 7.83. The third kappa shape index (κ3) is 4.57. The van der Waals surface area contributed by atoms with Crippen LogP contribution in [0.3, 0.4) is 0 Å². The lowest BCUT2D eigenvalue weighted by Gasteiger charge is -2.45. The van der Waals surface area contributed by atoms with Gasteiger partial charge in [0.1, 0.15) is 0 Å². The summed E-state index contributed by atoms with van der Waals surface area (Å²) in [6, 6.07) is 0.726. The van der Waals surface area contributed by atoms with Crippen molar-refractivity contribution in [2.24, 2.45) is 22.7 Å². The van der Waals surface area contributed by atoms with Crippen LogP contribution in [0.1, 0.15) is 73.6 Å². The van der Waals surface area contributed by atoms with E-state index in [0.29, 0.717) is 10.8 Å². The van der Waals surface area contributed by atoms with E-state index in [9.17, 15) is 0 Å². The summed E-state index contributed by atoms with van der Waals surface area (Å²) >= 11 is 0. The minimum absolute atomic E-state index is 0.467. The van der Waals surface area contributed by atoms with Crippen LogP contribution in [-0.4, -0.2) is 13.1 Å². The van der Waals surface area contributed by atoms with Gasteiger partial charge in [-0.3, -0.25) is 0 Å². The zero-order valence-electron chi connectivity index (χ0n) is 13.8. The van der Waals surface area contributed by atoms with Crippen molar-refractivity contribution in [3.8, 4) is 0 Å². The van der Waals surface area contributed by atoms with Crippen molar-refractivity contribution in [3.63, 3.8) is 0 Å². The molecule has 0 spiro atoms. The van der Waals surface area contributed by atoms with Gasteiger partial charge < -0.3 is 5.32 Å². The van der Waals surface area contributed by atoms with E-state index in [2.05, 4.69) is 53.9 Å². The predicted molar refractivity (Wildman–Crippen MR) is 81.8 cm³/mol. The van der Waals surface area contributed by atoms with Gasteiger partial charge in [-0.1, -0.05) is 48.0 Å². The van der Waals surface area contributed by atoms with Crippen molar-refractivity contribution >= 4 is 0 Å². The highest BCUT2D eigenvalue weighted by Gasteiger charge is 2.38. The SMILES string of the molecule is CNC1CC(C)CCC1C(C)(C)CCC(C)(C)C. The molecule has 0 amide bonds. The van der Waals surface area contributed by atoms with Crippen molar-refractivity contribution in [2.75, 3.05) is 7.05 Å². The van der Waals surface area contributed by atoms with E-state index in [-0.39, 0.29) is 0 Å². The molecule has 1 nitrogen and oxygen atoms in total. The molecule has 1 aliphatic rings. The van der Waals surface area contributed by atoms with Crippen LogP contribution in [0, 0.1) is 22.7 Å². The summed E-state index contributed by atoms with van der Waals surface area (Å²) in [6.07, 6.45) is 6.88. The van der Waals surface area contributed by atoms with Gasteiger partial charge in [0.2, 0.25) is 0 Å². The van der Waals surface area contributed by atoms with Crippen molar-refractivity contribution in [3.05, 3.63) is 0 Å². The number of hydrogen-bond donors (Lipinski definition) is 1. The molecule has 108 valence electrons. The van der Waals surface area contributed by atoms with Crippen LogP contribution in [0.5, 0.6) is 0 Å². The monoisotopic (exact) mass is 253 g/mol. The van der Waals surface area contributed by atoms with Gasteiger partial charge in [0, 0.05) is 6.04 Å². The molecule has 3 atom stereocenters. The molecule has 0 aromatic heterocycles. The van der Waals surface area contributed by atoms with Crippen LogP contribution in [0.4, 0.5) is 0 Å². The lowest BCUT2D eigenvalue weighted by molar-refractivity contribution is 0.0793. The molecule has 0 heterocycles. The summed E-state index contributed by atoms with van der Waals surface area (Å²) in [6.45, 7) is 14.5. The van der Waals surface area contributed by atoms with Crippen molar-refractivity contribution < 1.29 is 0 Å². The second-order valence-corrected chi connectivity index (χ2v) is 8.47. The molecule has 18 heavy (non-hydrogen) atoms. The quantitative estimate of drug-likeness (QED) is 0.754. The van der Waals surface area contributed by atoms with Gasteiger partial charge in [-0.25, -0.2) is 0 Å². The average Bonchev–Trinajstić information content (AvgIpc) is 2.25. The van der Waals surface area contributed by atoms with Gasteiger partial charge in [0.25, 0.3) is 0 Å². The molecule has 1 aliphatic carbocycles. The van der Waals surface area contributed by atoms with Crippen LogP contribution in [0.25, 0.3) is 0 Å². The third-order valence-electron chi connectivity index (χ3n) is 5.01. The topological polar surface area (TPSA) is 12.0 Å². The molecule has 1 rings (SSSR count). The van der Waals surface area contributed by atoms with Crippen LogP contribution in [0.2, 0.25) is 0 Å². The maximum absolute atomic E-state index is 3.59. The first-order chi connectivity index (χ1) is 8.15. The molecule has 1 fully saturated rings. The maximum Gasteiger partial charge on any atom is 0.00999 e. The molecule has 3 unspecified atom stereocenters. The Morgan fingerprint density at radius 1 is 1.00 bits per heavy atom. The Balaban J connectivity index is 2.64. The van der Waals surface area contributed by atoms with E-state index in [1.807, 2.05) is 0 Å². The highest BCUT2D eigenvalue weighted by atomic mass is 14.9. The highest BCUT2D eigenvalue weighted by Crippen LogP contribution is 2.44. The van der Waals surface area contributed by atoms with Gasteiger partial charge in [-0.05, 0) is 55.4 Å². The van der Waals surface area contributed by atoms with E-state index < -0.39 is 0 Å². The molecule has 0 aromatic rings. The van der Waals surface area contributed by atoms with Gasteiger partial charge in [-0.15, -0.1) is 0 Å². The first kappa shape index (κ1) is 16.0. The second-order valence-electron chi connectivity index (χ2n) is 8.47. The normalized spacial score (nSPS) is 30.5. The van der Waals surface area contributed by atoms with Gasteiger partial charge in [0.15, 0.2) is 0 Å². The van der Waals surface area contributed by atoms with Crippen LogP contribution in [0.15, 0.2) is 0 Å². The number of hydrogen-bond acceptors (Lipinski definition) is 1. The van der Waals surface area contributed by atoms with E-state index in [1.165, 1.54) is 32.1 Å². The molecule has 1 heteroatoms. The fraction of sp³-hybridized carbons (Fsp3) is 1.00. The van der Waals surface area contributed by atoms with Gasteiger partial charge >= 0.3 is 0 Å². The molecular formula is C17H35N. The van der Waals surface area contributed by atoms with Gasteiger partial charge in [0.05, 0.1) is 0 Å². The predicted octanol–water partition coefficient (Wildman–Crippen LogP) is 4.86. The largest absolute Gasteiger partial charge is 0.317 e. The Hall–Kier alpha value is -0.0400. The zero-order chi connectivity index (χ0) is 14.0. The van der Waals surface area contributed by atoms with E-state index in [4.69, 9.17) is 0 Å². The van der Waals surface area contributed by atoms with Crippen LogP contribution >= 0.6 is 0 Å². The Kier molecular flexibility index (Phi) is 5.29. The Labute approximate surface area is 115 Å². The van der Waals surface area contributed by atoms with Crippen LogP contribution < -0.4 is 5.32 Å². The molecule has 1 N–H and O–H groups in total. The van der Waals surface area contributed by atoms with Crippen molar-refractivity contribution in [2.45, 2.75) is 79.7 Å². The molecule has 0 saturated heterocycles. The van der Waals surface area contributed by atoms with Gasteiger partial charge in [-0.2, -0.15) is 0 Å². The summed E-state index contributed by atoms with van der Waals surface area (Å²) in [5.74, 6) is 1.75. The van der Waals surface area contributed by atoms with E-state index >= 15 is 0 Å². The smallest absolute Gasteiger partial charge is 0.00999 e. The third-order valence-corrected chi connectivity index (χ3v) is 5.01. The fourth-order valence-corrected chi connectivity index (χ4v) is 3.52. The number of nitrogens with one attached hydrogen (secondary N) is 1. The lowest BCUT2D eigenvalue weighted by Crippen LogP contribution is -2.45. The number of rotatable bonds is 4. The highest BCUT2D eigenvalue weighted by molar-refractivity contribution is 4.91. The molecule has 0 radical (unpaired) electrons. The Morgan fingerprint density at radius 2 is 1.61 bits per heavy atom. The minimum Gasteiger partial charge on any atom is -0.317 e. The first-order valence-electron chi connectivity index (χ1n) is 7.83. The van der Waals surface area contributed by atoms with E-state index in [1.54, 1.807) is 0 Å². The summed E-state index contributed by atoms with van der Waals surface area (Å²) in [5.41, 5.74) is 0.940.